The second kappa shape index (κ2) is 47.4. The number of nitrogens with one attached hydrogen (secondary N) is 1. The minimum Gasteiger partial charge on any atom is -0.456 e. The molecule has 0 radical (unpaired) electrons. The van der Waals surface area contributed by atoms with Crippen LogP contribution < -0.4 is 5.32 Å². The van der Waals surface area contributed by atoms with Crippen LogP contribution in [-0.2, 0) is 27.9 Å². The quantitative estimate of drug-likeness (QED) is 0.0156. The molecule has 1 amide bonds. The fraction of sp³-hybridized carbons (Fsp3) is 0.655. The number of carbonyl (C=O) groups is 2. The van der Waals surface area contributed by atoms with Crippen molar-refractivity contribution < 1.29 is 37.3 Å². The Kier molecular flexibility index (Phi) is 45.0. The lowest BCUT2D eigenvalue weighted by atomic mass is 10.1. The number of amides is 1. The predicted octanol–water partition coefficient (Wildman–Crippen LogP) is 15.8. The van der Waals surface area contributed by atoms with Gasteiger partial charge in [-0.3, -0.25) is 18.6 Å². The van der Waals surface area contributed by atoms with Gasteiger partial charge in [-0.05, 0) is 83.1 Å². The minimum absolute atomic E-state index is 0.0190. The van der Waals surface area contributed by atoms with Crippen LogP contribution in [-0.4, -0.2) is 74.3 Å². The highest BCUT2D eigenvalue weighted by Crippen LogP contribution is 2.43. The van der Waals surface area contributed by atoms with Crippen LogP contribution in [0.1, 0.15) is 194 Å². The van der Waals surface area contributed by atoms with Gasteiger partial charge in [-0.25, -0.2) is 4.57 Å². The van der Waals surface area contributed by atoms with Crippen molar-refractivity contribution in [3.8, 4) is 0 Å². The fourth-order valence-electron chi connectivity index (χ4n) is 6.93. The van der Waals surface area contributed by atoms with Crippen molar-refractivity contribution in [3.63, 3.8) is 0 Å². The molecule has 0 aromatic carbocycles. The first kappa shape index (κ1) is 64.7. The fourth-order valence-corrected chi connectivity index (χ4v) is 7.66. The molecule has 68 heavy (non-hydrogen) atoms. The number of ether oxygens (including phenoxy) is 1. The molecule has 9 nitrogen and oxygen atoms in total. The summed E-state index contributed by atoms with van der Waals surface area (Å²) in [6.45, 7) is 6.66. The zero-order chi connectivity index (χ0) is 50.1. The number of likely N-dealkylation sites (N-methyl/N-ethyl adjacent to an activating group) is 1. The average Bonchev–Trinajstić information content (AvgIpc) is 3.29. The average molecular weight is 968 g/mol. The maximum atomic E-state index is 13.4. The number of quaternary nitrogens is 1. The first-order valence-corrected chi connectivity index (χ1v) is 28.2. The van der Waals surface area contributed by atoms with E-state index in [9.17, 15) is 19.0 Å². The van der Waals surface area contributed by atoms with Gasteiger partial charge in [0.05, 0.1) is 33.8 Å². The zero-order valence-corrected chi connectivity index (χ0v) is 44.9. The number of carbonyl (C=O) groups excluding carboxylic acids is 2. The van der Waals surface area contributed by atoms with Crippen LogP contribution in [0.2, 0.25) is 0 Å². The SMILES string of the molecule is CC/C=C/C=C/C=C/CCCCCCCCCC(=O)OC(/C=C/CCCCCCCCCCC)C(COP(=O)(O)OCC[N+](C)(C)C)NC(=O)CC/C=C/C/C=C/C/C=C/C/C=C/C/C=C/CC. The summed E-state index contributed by atoms with van der Waals surface area (Å²) in [6, 6.07) is -0.898. The van der Waals surface area contributed by atoms with E-state index < -0.39 is 20.0 Å². The number of hydrogen-bond acceptors (Lipinski definition) is 6. The molecule has 0 aliphatic rings. The molecule has 0 saturated heterocycles. The van der Waals surface area contributed by atoms with E-state index in [4.69, 9.17) is 13.8 Å². The molecule has 3 atom stereocenters. The second-order valence-corrected chi connectivity index (χ2v) is 20.1. The summed E-state index contributed by atoms with van der Waals surface area (Å²) in [5, 5.41) is 2.98. The van der Waals surface area contributed by atoms with Gasteiger partial charge in [-0.15, -0.1) is 0 Å². The second-order valence-electron chi connectivity index (χ2n) is 18.7. The van der Waals surface area contributed by atoms with Crippen LogP contribution >= 0.6 is 7.82 Å². The zero-order valence-electron chi connectivity index (χ0n) is 44.1. The highest BCUT2D eigenvalue weighted by Gasteiger charge is 2.30. The summed E-state index contributed by atoms with van der Waals surface area (Å²) in [5.41, 5.74) is 0. The normalized spacial score (nSPS) is 14.8. The lowest BCUT2D eigenvalue weighted by Crippen LogP contribution is -2.47. The predicted molar refractivity (Wildman–Crippen MR) is 290 cm³/mol. The van der Waals surface area contributed by atoms with Gasteiger partial charge >= 0.3 is 13.8 Å². The molecule has 0 heterocycles. The lowest BCUT2D eigenvalue weighted by Gasteiger charge is -2.27. The van der Waals surface area contributed by atoms with E-state index in [1.54, 1.807) is 0 Å². The summed E-state index contributed by atoms with van der Waals surface area (Å²) < 4.78 is 30.5. The molecule has 2 N–H and O–H groups in total. The molecular formula is C58H100N2O7P+. The number of nitrogens with zero attached hydrogens (tertiary/aromatic N) is 1. The first-order valence-electron chi connectivity index (χ1n) is 26.7. The number of phosphoric acid groups is 1. The molecule has 0 aromatic heterocycles. The standard InChI is InChI=1S/C58H99N2O7P/c1-7-10-13-16-19-22-25-27-29-31-32-35-38-41-44-47-50-57(61)59-55(54-66-68(63,64)65-53-52-60(4,5)6)56(49-46-43-40-37-34-24-21-18-15-12-9-3)67-58(62)51-48-45-42-39-36-33-30-28-26-23-20-17-14-11-8-2/h10-11,13-14,17,19-20,22-23,26-27,29,32,35,41,44,46,49,55-56H,7-9,12,15-16,18,21,24-25,28,30-31,33-34,36-40,42-43,45,47-48,50-54H2,1-6H3,(H-,59,61,63,64)/p+1/b13-10+,14-11+,20-17+,22-19+,26-23+,29-27+,35-32+,44-41+,49-46+. The van der Waals surface area contributed by atoms with Crippen molar-refractivity contribution in [3.05, 3.63) is 109 Å². The number of allylic oxidation sites excluding steroid dienone is 17. The minimum atomic E-state index is -4.47. The molecule has 0 aliphatic carbocycles. The maximum Gasteiger partial charge on any atom is 0.472 e. The van der Waals surface area contributed by atoms with Crippen molar-refractivity contribution >= 4 is 19.7 Å². The molecule has 0 aromatic rings. The Labute approximate surface area is 417 Å². The summed E-state index contributed by atoms with van der Waals surface area (Å²) >= 11 is 0. The topological polar surface area (TPSA) is 111 Å². The van der Waals surface area contributed by atoms with Crippen molar-refractivity contribution in [2.45, 2.75) is 206 Å². The molecule has 0 rings (SSSR count). The van der Waals surface area contributed by atoms with Crippen LogP contribution in [0, 0.1) is 0 Å². The third kappa shape index (κ3) is 47.7. The van der Waals surface area contributed by atoms with Crippen molar-refractivity contribution in [2.75, 3.05) is 40.9 Å². The van der Waals surface area contributed by atoms with Gasteiger partial charge in [0.25, 0.3) is 0 Å². The first-order chi connectivity index (χ1) is 32.9. The molecule has 10 heteroatoms. The Hall–Kier alpha value is -3.33. The van der Waals surface area contributed by atoms with Crippen LogP contribution in [0.4, 0.5) is 0 Å². The number of hydrogen-bond donors (Lipinski definition) is 2. The van der Waals surface area contributed by atoms with Crippen LogP contribution in [0.25, 0.3) is 0 Å². The van der Waals surface area contributed by atoms with Crippen LogP contribution in [0.15, 0.2) is 109 Å². The number of phosphoric ester groups is 1. The van der Waals surface area contributed by atoms with E-state index in [0.29, 0.717) is 23.9 Å². The number of rotatable bonds is 46. The van der Waals surface area contributed by atoms with Gasteiger partial charge in [-0.1, -0.05) is 208 Å². The Balaban J connectivity index is 5.53. The van der Waals surface area contributed by atoms with E-state index in [2.05, 4.69) is 111 Å². The van der Waals surface area contributed by atoms with E-state index >= 15 is 0 Å². The largest absolute Gasteiger partial charge is 0.472 e. The van der Waals surface area contributed by atoms with Crippen LogP contribution in [0.5, 0.6) is 0 Å². The molecule has 0 spiro atoms. The summed E-state index contributed by atoms with van der Waals surface area (Å²) in [6.07, 6.45) is 63.9. The number of esters is 1. The Morgan fingerprint density at radius 2 is 1.03 bits per heavy atom. The third-order valence-corrected chi connectivity index (χ3v) is 12.0. The van der Waals surface area contributed by atoms with E-state index in [1.807, 2.05) is 45.4 Å². The molecule has 388 valence electrons. The lowest BCUT2D eigenvalue weighted by molar-refractivity contribution is -0.870. The van der Waals surface area contributed by atoms with Crippen molar-refractivity contribution in [1.29, 1.82) is 0 Å². The Bertz CT molecular complexity index is 1530. The monoisotopic (exact) mass is 968 g/mol. The third-order valence-electron chi connectivity index (χ3n) is 11.0. The van der Waals surface area contributed by atoms with Crippen LogP contribution in [0.3, 0.4) is 0 Å². The van der Waals surface area contributed by atoms with Gasteiger partial charge in [-0.2, -0.15) is 0 Å². The molecule has 0 fully saturated rings. The highest BCUT2D eigenvalue weighted by atomic mass is 31.2. The highest BCUT2D eigenvalue weighted by molar-refractivity contribution is 7.47. The summed E-state index contributed by atoms with van der Waals surface area (Å²) in [4.78, 5) is 37.4. The Morgan fingerprint density at radius 3 is 1.57 bits per heavy atom. The van der Waals surface area contributed by atoms with Crippen molar-refractivity contribution in [2.24, 2.45) is 0 Å². The van der Waals surface area contributed by atoms with Gasteiger partial charge < -0.3 is 19.4 Å². The summed E-state index contributed by atoms with van der Waals surface area (Å²) in [7, 11) is 1.42. The maximum absolute atomic E-state index is 13.4. The molecule has 0 aliphatic heterocycles. The molecular weight excluding hydrogens is 868 g/mol. The molecule has 0 saturated carbocycles. The van der Waals surface area contributed by atoms with Gasteiger partial charge in [0.15, 0.2) is 0 Å². The van der Waals surface area contributed by atoms with Gasteiger partial charge in [0, 0.05) is 12.8 Å². The summed E-state index contributed by atoms with van der Waals surface area (Å²) in [5.74, 6) is -0.627. The van der Waals surface area contributed by atoms with E-state index in [1.165, 1.54) is 64.2 Å². The van der Waals surface area contributed by atoms with Gasteiger partial charge in [0.2, 0.25) is 5.91 Å². The van der Waals surface area contributed by atoms with Gasteiger partial charge in [0.1, 0.15) is 19.3 Å². The molecule has 0 bridgehead atoms. The number of unbranched alkanes of at least 4 members (excludes halogenated alkanes) is 16. The molecule has 3 unspecified atom stereocenters. The smallest absolute Gasteiger partial charge is 0.456 e. The van der Waals surface area contributed by atoms with Crippen molar-refractivity contribution in [1.82, 2.24) is 5.32 Å². The van der Waals surface area contributed by atoms with E-state index in [-0.39, 0.29) is 37.9 Å². The Morgan fingerprint density at radius 1 is 0.544 bits per heavy atom. The van der Waals surface area contributed by atoms with E-state index in [0.717, 1.165) is 83.5 Å².